The highest BCUT2D eigenvalue weighted by Gasteiger charge is 2.05. The van der Waals surface area contributed by atoms with Crippen molar-refractivity contribution in [2.24, 2.45) is 0 Å². The van der Waals surface area contributed by atoms with E-state index in [-0.39, 0.29) is 18.1 Å². The Morgan fingerprint density at radius 1 is 1.50 bits per heavy atom. The van der Waals surface area contributed by atoms with Gasteiger partial charge in [0.05, 0.1) is 6.61 Å². The molecule has 0 amide bonds. The lowest BCUT2D eigenvalue weighted by Crippen LogP contribution is -2.24. The van der Waals surface area contributed by atoms with E-state index in [9.17, 15) is 9.59 Å². The van der Waals surface area contributed by atoms with E-state index in [1.807, 2.05) is 13.0 Å². The summed E-state index contributed by atoms with van der Waals surface area (Å²) in [6.07, 6.45) is 1.62. The van der Waals surface area contributed by atoms with Gasteiger partial charge in [0.2, 0.25) is 0 Å². The zero-order valence-corrected chi connectivity index (χ0v) is 10.3. The Kier molecular flexibility index (Phi) is 5.11. The Morgan fingerprint density at radius 3 is 2.81 bits per heavy atom. The van der Waals surface area contributed by atoms with Crippen molar-refractivity contribution < 1.29 is 9.53 Å². The molecule has 0 saturated heterocycles. The second-order valence-electron chi connectivity index (χ2n) is 3.07. The van der Waals surface area contributed by atoms with E-state index >= 15 is 0 Å². The molecule has 88 valence electrons. The molecule has 1 rings (SSSR count). The molecule has 1 aromatic heterocycles. The molecular formula is C11H15NO3S. The van der Waals surface area contributed by atoms with Crippen LogP contribution in [-0.4, -0.2) is 22.9 Å². The molecule has 0 aliphatic heterocycles. The lowest BCUT2D eigenvalue weighted by atomic mass is 10.4. The van der Waals surface area contributed by atoms with Crippen molar-refractivity contribution in [2.75, 3.05) is 12.4 Å². The number of hydrogen-bond donors (Lipinski definition) is 0. The van der Waals surface area contributed by atoms with Gasteiger partial charge in [-0.2, -0.15) is 0 Å². The molecule has 0 saturated carbocycles. The first-order valence-corrected chi connectivity index (χ1v) is 6.14. The largest absolute Gasteiger partial charge is 0.465 e. The Balaban J connectivity index is 2.75. The summed E-state index contributed by atoms with van der Waals surface area (Å²) in [6.45, 7) is 4.07. The van der Waals surface area contributed by atoms with Crippen LogP contribution >= 0.6 is 11.8 Å². The van der Waals surface area contributed by atoms with Gasteiger partial charge in [-0.25, -0.2) is 0 Å². The Labute approximate surface area is 98.6 Å². The molecule has 0 bridgehead atoms. The number of carbonyl (C=O) groups excluding carboxylic acids is 1. The van der Waals surface area contributed by atoms with Gasteiger partial charge in [0, 0.05) is 17.2 Å². The smallest absolute Gasteiger partial charge is 0.326 e. The van der Waals surface area contributed by atoms with E-state index in [1.54, 1.807) is 24.9 Å². The summed E-state index contributed by atoms with van der Waals surface area (Å²) in [5.41, 5.74) is -0.175. The fraction of sp³-hybridized carbons (Fsp3) is 0.455. The fourth-order valence-corrected chi connectivity index (χ4v) is 1.90. The summed E-state index contributed by atoms with van der Waals surface area (Å²) in [7, 11) is 0. The second kappa shape index (κ2) is 6.37. The first kappa shape index (κ1) is 12.8. The predicted molar refractivity (Wildman–Crippen MR) is 63.7 cm³/mol. The molecule has 4 nitrogen and oxygen atoms in total. The zero-order chi connectivity index (χ0) is 12.0. The van der Waals surface area contributed by atoms with Crippen LogP contribution in [0.3, 0.4) is 0 Å². The van der Waals surface area contributed by atoms with E-state index in [2.05, 4.69) is 0 Å². The van der Waals surface area contributed by atoms with Gasteiger partial charge in [0.15, 0.2) is 0 Å². The van der Waals surface area contributed by atoms with E-state index < -0.39 is 0 Å². The molecule has 0 atom stereocenters. The summed E-state index contributed by atoms with van der Waals surface area (Å²) >= 11 is 1.60. The molecule has 0 radical (unpaired) electrons. The van der Waals surface area contributed by atoms with E-state index in [0.717, 1.165) is 10.6 Å². The van der Waals surface area contributed by atoms with E-state index in [4.69, 9.17) is 4.74 Å². The quantitative estimate of drug-likeness (QED) is 0.579. The number of pyridine rings is 1. The molecule has 0 aliphatic rings. The molecule has 0 N–H and O–H groups in total. The van der Waals surface area contributed by atoms with Gasteiger partial charge in [-0.05, 0) is 18.7 Å². The molecule has 1 heterocycles. The van der Waals surface area contributed by atoms with Crippen molar-refractivity contribution in [3.05, 3.63) is 28.7 Å². The van der Waals surface area contributed by atoms with Crippen LogP contribution in [0.2, 0.25) is 0 Å². The Morgan fingerprint density at radius 2 is 2.25 bits per heavy atom. The maximum Gasteiger partial charge on any atom is 0.326 e. The van der Waals surface area contributed by atoms with Crippen molar-refractivity contribution in [3.8, 4) is 0 Å². The number of carbonyl (C=O) groups is 1. The van der Waals surface area contributed by atoms with Crippen molar-refractivity contribution in [1.29, 1.82) is 0 Å². The van der Waals surface area contributed by atoms with Gasteiger partial charge in [-0.1, -0.05) is 6.92 Å². The van der Waals surface area contributed by atoms with Crippen molar-refractivity contribution in [1.82, 2.24) is 4.57 Å². The number of aromatic nitrogens is 1. The third-order valence-corrected chi connectivity index (χ3v) is 2.76. The summed E-state index contributed by atoms with van der Waals surface area (Å²) in [6, 6.07) is 3.36. The number of ether oxygens (including phenoxy) is 1. The number of esters is 1. The summed E-state index contributed by atoms with van der Waals surface area (Å²) in [5.74, 6) is 0.530. The minimum absolute atomic E-state index is 0.0241. The number of thioether (sulfide) groups is 1. The number of rotatable bonds is 5. The Hall–Kier alpha value is -1.23. The van der Waals surface area contributed by atoms with Gasteiger partial charge in [-0.3, -0.25) is 9.59 Å². The average molecular weight is 241 g/mol. The minimum Gasteiger partial charge on any atom is -0.465 e. The van der Waals surface area contributed by atoms with Gasteiger partial charge in [0.1, 0.15) is 6.54 Å². The first-order chi connectivity index (χ1) is 7.67. The molecule has 0 aliphatic carbocycles. The second-order valence-corrected chi connectivity index (χ2v) is 4.40. The first-order valence-electron chi connectivity index (χ1n) is 5.16. The molecular weight excluding hydrogens is 226 g/mol. The van der Waals surface area contributed by atoms with Gasteiger partial charge in [0.25, 0.3) is 5.56 Å². The zero-order valence-electron chi connectivity index (χ0n) is 9.43. The van der Waals surface area contributed by atoms with Crippen molar-refractivity contribution in [2.45, 2.75) is 25.3 Å². The van der Waals surface area contributed by atoms with Crippen LogP contribution in [0, 0.1) is 0 Å². The normalized spacial score (nSPS) is 10.1. The fourth-order valence-electron chi connectivity index (χ4n) is 1.22. The monoisotopic (exact) mass is 241 g/mol. The lowest BCUT2D eigenvalue weighted by Gasteiger charge is -2.05. The van der Waals surface area contributed by atoms with Crippen molar-refractivity contribution in [3.63, 3.8) is 0 Å². The SMILES string of the molecule is CCOC(=O)Cn1ccc(SCC)cc1=O. The van der Waals surface area contributed by atoms with Crippen LogP contribution < -0.4 is 5.56 Å². The minimum atomic E-state index is -0.388. The topological polar surface area (TPSA) is 48.3 Å². The molecule has 16 heavy (non-hydrogen) atoms. The Bertz CT molecular complexity index is 414. The van der Waals surface area contributed by atoms with Crippen molar-refractivity contribution >= 4 is 17.7 Å². The number of hydrogen-bond acceptors (Lipinski definition) is 4. The molecule has 0 unspecified atom stereocenters. The maximum absolute atomic E-state index is 11.6. The van der Waals surface area contributed by atoms with Gasteiger partial charge >= 0.3 is 5.97 Å². The third-order valence-electron chi connectivity index (χ3n) is 1.88. The highest BCUT2D eigenvalue weighted by atomic mass is 32.2. The summed E-state index contributed by atoms with van der Waals surface area (Å²) in [5, 5.41) is 0. The molecule has 0 fully saturated rings. The average Bonchev–Trinajstić information content (AvgIpc) is 2.23. The molecule has 1 aromatic rings. The predicted octanol–water partition coefficient (Wildman–Crippen LogP) is 1.52. The third kappa shape index (κ3) is 3.73. The summed E-state index contributed by atoms with van der Waals surface area (Å²) < 4.78 is 6.12. The standard InChI is InChI=1S/C11H15NO3S/c1-3-15-11(14)8-12-6-5-9(16-4-2)7-10(12)13/h5-7H,3-4,8H2,1-2H3. The van der Waals surface area contributed by atoms with Crippen LogP contribution in [0.5, 0.6) is 0 Å². The van der Waals surface area contributed by atoms with Crippen LogP contribution in [0.25, 0.3) is 0 Å². The van der Waals surface area contributed by atoms with Crippen LogP contribution in [0.4, 0.5) is 0 Å². The number of nitrogens with zero attached hydrogens (tertiary/aromatic N) is 1. The van der Waals surface area contributed by atoms with Crippen LogP contribution in [0.15, 0.2) is 28.0 Å². The van der Waals surface area contributed by atoms with Gasteiger partial charge in [-0.15, -0.1) is 11.8 Å². The molecule has 0 aromatic carbocycles. The molecule has 0 spiro atoms. The van der Waals surface area contributed by atoms with E-state index in [1.165, 1.54) is 10.6 Å². The highest BCUT2D eigenvalue weighted by molar-refractivity contribution is 7.99. The van der Waals surface area contributed by atoms with Crippen LogP contribution in [0.1, 0.15) is 13.8 Å². The molecule has 5 heteroatoms. The maximum atomic E-state index is 11.6. The lowest BCUT2D eigenvalue weighted by molar-refractivity contribution is -0.143. The van der Waals surface area contributed by atoms with Gasteiger partial charge < -0.3 is 9.30 Å². The van der Waals surface area contributed by atoms with Crippen LogP contribution in [-0.2, 0) is 16.1 Å². The highest BCUT2D eigenvalue weighted by Crippen LogP contribution is 2.13. The summed E-state index contributed by atoms with van der Waals surface area (Å²) in [4.78, 5) is 23.7. The van der Waals surface area contributed by atoms with E-state index in [0.29, 0.717) is 6.61 Å².